The van der Waals surface area contributed by atoms with E-state index in [1.165, 1.54) is 11.3 Å². The van der Waals surface area contributed by atoms with Crippen LogP contribution in [0.4, 0.5) is 0 Å². The maximum atomic E-state index is 12.5. The van der Waals surface area contributed by atoms with Gasteiger partial charge < -0.3 is 4.90 Å². The van der Waals surface area contributed by atoms with E-state index in [0.29, 0.717) is 25.2 Å². The molecule has 1 fully saturated rings. The molecule has 0 radical (unpaired) electrons. The second-order valence-electron chi connectivity index (χ2n) is 5.53. The van der Waals surface area contributed by atoms with E-state index in [1.54, 1.807) is 10.3 Å². The minimum atomic E-state index is -3.25. The highest BCUT2D eigenvalue weighted by atomic mass is 32.2. The van der Waals surface area contributed by atoms with Gasteiger partial charge in [0.05, 0.1) is 6.26 Å². The lowest BCUT2D eigenvalue weighted by atomic mass is 10.2. The first-order valence-corrected chi connectivity index (χ1v) is 9.97. The molecule has 1 atom stereocenters. The molecule has 23 heavy (non-hydrogen) atoms. The Bertz CT molecular complexity index is 802. The van der Waals surface area contributed by atoms with E-state index in [0.717, 1.165) is 16.8 Å². The van der Waals surface area contributed by atoms with Gasteiger partial charge in [-0.3, -0.25) is 4.79 Å². The first kappa shape index (κ1) is 16.1. The summed E-state index contributed by atoms with van der Waals surface area (Å²) in [6.45, 7) is 0.911. The van der Waals surface area contributed by atoms with Crippen LogP contribution >= 0.6 is 11.3 Å². The van der Waals surface area contributed by atoms with Crippen LogP contribution in [0.5, 0.6) is 0 Å². The number of amides is 1. The van der Waals surface area contributed by atoms with Crippen LogP contribution in [0, 0.1) is 0 Å². The lowest BCUT2D eigenvalue weighted by Gasteiger charge is -2.15. The number of thiazole rings is 1. The first-order chi connectivity index (χ1) is 10.9. The minimum absolute atomic E-state index is 0.152. The van der Waals surface area contributed by atoms with Gasteiger partial charge in [0.25, 0.3) is 5.91 Å². The van der Waals surface area contributed by atoms with Crippen molar-refractivity contribution in [3.63, 3.8) is 0 Å². The number of carbonyl (C=O) groups excluding carboxylic acids is 1. The molecule has 2 heterocycles. The van der Waals surface area contributed by atoms with Crippen molar-refractivity contribution < 1.29 is 13.2 Å². The number of hydrogen-bond donors (Lipinski definition) is 1. The summed E-state index contributed by atoms with van der Waals surface area (Å²) < 4.78 is 25.1. The lowest BCUT2D eigenvalue weighted by Crippen LogP contribution is -2.37. The highest BCUT2D eigenvalue weighted by Crippen LogP contribution is 2.24. The Morgan fingerprint density at radius 3 is 2.78 bits per heavy atom. The molecule has 0 spiro atoms. The van der Waals surface area contributed by atoms with Crippen LogP contribution in [0.15, 0.2) is 35.7 Å². The third-order valence-electron chi connectivity index (χ3n) is 3.60. The van der Waals surface area contributed by atoms with Gasteiger partial charge in [-0.05, 0) is 6.42 Å². The zero-order chi connectivity index (χ0) is 16.4. The van der Waals surface area contributed by atoms with E-state index < -0.39 is 10.0 Å². The van der Waals surface area contributed by atoms with Gasteiger partial charge in [-0.15, -0.1) is 11.3 Å². The van der Waals surface area contributed by atoms with E-state index in [1.807, 2.05) is 30.3 Å². The SMILES string of the molecule is CS(=O)(=O)NC1CCN(C(=O)c2csc(-c3ccccc3)n2)C1. The van der Waals surface area contributed by atoms with Crippen LogP contribution < -0.4 is 4.72 Å². The lowest BCUT2D eigenvalue weighted by molar-refractivity contribution is 0.0785. The number of aromatic nitrogens is 1. The average molecular weight is 351 g/mol. The molecule has 1 aromatic carbocycles. The molecule has 6 nitrogen and oxygen atoms in total. The maximum Gasteiger partial charge on any atom is 0.273 e. The molecular weight excluding hydrogens is 334 g/mol. The first-order valence-electron chi connectivity index (χ1n) is 7.20. The molecule has 0 saturated carbocycles. The Balaban J connectivity index is 1.69. The second kappa shape index (κ2) is 6.38. The van der Waals surface area contributed by atoms with E-state index >= 15 is 0 Å². The second-order valence-corrected chi connectivity index (χ2v) is 8.17. The van der Waals surface area contributed by atoms with Crippen molar-refractivity contribution >= 4 is 27.3 Å². The van der Waals surface area contributed by atoms with Gasteiger partial charge in [0.2, 0.25) is 10.0 Å². The number of likely N-dealkylation sites (tertiary alicyclic amines) is 1. The summed E-state index contributed by atoms with van der Waals surface area (Å²) in [5.41, 5.74) is 1.39. The monoisotopic (exact) mass is 351 g/mol. The van der Waals surface area contributed by atoms with Crippen molar-refractivity contribution in [3.05, 3.63) is 41.4 Å². The molecule has 1 aliphatic heterocycles. The van der Waals surface area contributed by atoms with Crippen LogP contribution in [0.3, 0.4) is 0 Å². The molecule has 1 N–H and O–H groups in total. The van der Waals surface area contributed by atoms with Crippen molar-refractivity contribution in [3.8, 4) is 10.6 Å². The summed E-state index contributed by atoms with van der Waals surface area (Å²) in [5.74, 6) is -0.152. The van der Waals surface area contributed by atoms with E-state index in [2.05, 4.69) is 9.71 Å². The highest BCUT2D eigenvalue weighted by molar-refractivity contribution is 7.88. The predicted molar refractivity (Wildman–Crippen MR) is 89.8 cm³/mol. The van der Waals surface area contributed by atoms with Crippen LogP contribution in [0.25, 0.3) is 10.6 Å². The third-order valence-corrected chi connectivity index (χ3v) is 5.25. The zero-order valence-corrected chi connectivity index (χ0v) is 14.2. The molecule has 1 unspecified atom stereocenters. The minimum Gasteiger partial charge on any atom is -0.336 e. The number of rotatable bonds is 4. The Morgan fingerprint density at radius 2 is 2.09 bits per heavy atom. The van der Waals surface area contributed by atoms with Crippen molar-refractivity contribution in [2.45, 2.75) is 12.5 Å². The molecule has 1 aromatic heterocycles. The van der Waals surface area contributed by atoms with Gasteiger partial charge in [-0.1, -0.05) is 30.3 Å². The molecule has 1 amide bonds. The van der Waals surface area contributed by atoms with Crippen LogP contribution in [0.1, 0.15) is 16.9 Å². The van der Waals surface area contributed by atoms with Gasteiger partial charge in [-0.2, -0.15) is 0 Å². The molecule has 1 saturated heterocycles. The normalized spacial score (nSPS) is 18.3. The summed E-state index contributed by atoms with van der Waals surface area (Å²) in [7, 11) is -3.25. The number of hydrogen-bond acceptors (Lipinski definition) is 5. The fraction of sp³-hybridized carbons (Fsp3) is 0.333. The molecule has 3 rings (SSSR count). The van der Waals surface area contributed by atoms with Crippen molar-refractivity contribution in [2.24, 2.45) is 0 Å². The quantitative estimate of drug-likeness (QED) is 0.907. The number of benzene rings is 1. The molecule has 122 valence electrons. The molecule has 1 aliphatic rings. The Morgan fingerprint density at radius 1 is 1.35 bits per heavy atom. The summed E-state index contributed by atoms with van der Waals surface area (Å²) in [4.78, 5) is 18.6. The number of nitrogens with one attached hydrogen (secondary N) is 1. The average Bonchev–Trinajstić information content (AvgIpc) is 3.15. The van der Waals surface area contributed by atoms with E-state index in [4.69, 9.17) is 0 Å². The standard InChI is InChI=1S/C15H17N3O3S2/c1-23(20,21)17-12-7-8-18(9-12)15(19)13-10-22-14(16-13)11-5-3-2-4-6-11/h2-6,10,12,17H,7-9H2,1H3. The molecule has 0 aliphatic carbocycles. The molecular formula is C15H17N3O3S2. The number of nitrogens with zero attached hydrogens (tertiary/aromatic N) is 2. The maximum absolute atomic E-state index is 12.5. The largest absolute Gasteiger partial charge is 0.336 e. The van der Waals surface area contributed by atoms with Crippen molar-refractivity contribution in [1.29, 1.82) is 0 Å². The molecule has 0 bridgehead atoms. The van der Waals surface area contributed by atoms with Crippen LogP contribution in [-0.2, 0) is 10.0 Å². The molecule has 8 heteroatoms. The summed E-state index contributed by atoms with van der Waals surface area (Å²) in [5, 5.41) is 2.56. The predicted octanol–water partition coefficient (Wildman–Crippen LogP) is 1.57. The smallest absolute Gasteiger partial charge is 0.273 e. The van der Waals surface area contributed by atoms with Gasteiger partial charge in [0, 0.05) is 30.1 Å². The van der Waals surface area contributed by atoms with Crippen LogP contribution in [-0.4, -0.2) is 49.6 Å². The Hall–Kier alpha value is -1.77. The number of carbonyl (C=O) groups is 1. The van der Waals surface area contributed by atoms with Gasteiger partial charge >= 0.3 is 0 Å². The van der Waals surface area contributed by atoms with Gasteiger partial charge in [0.1, 0.15) is 10.7 Å². The summed E-state index contributed by atoms with van der Waals surface area (Å²) >= 11 is 1.43. The van der Waals surface area contributed by atoms with Crippen molar-refractivity contribution in [1.82, 2.24) is 14.6 Å². The summed E-state index contributed by atoms with van der Waals surface area (Å²) in [6.07, 6.45) is 1.75. The van der Waals surface area contributed by atoms with E-state index in [9.17, 15) is 13.2 Å². The van der Waals surface area contributed by atoms with Gasteiger partial charge in [0.15, 0.2) is 0 Å². The summed E-state index contributed by atoms with van der Waals surface area (Å²) in [6, 6.07) is 9.48. The van der Waals surface area contributed by atoms with Gasteiger partial charge in [-0.25, -0.2) is 18.1 Å². The fourth-order valence-electron chi connectivity index (χ4n) is 2.59. The fourth-order valence-corrected chi connectivity index (χ4v) is 4.19. The zero-order valence-electron chi connectivity index (χ0n) is 12.6. The Kier molecular flexibility index (Phi) is 4.47. The topological polar surface area (TPSA) is 79.4 Å². The van der Waals surface area contributed by atoms with Crippen LogP contribution in [0.2, 0.25) is 0 Å². The third kappa shape index (κ3) is 3.95. The van der Waals surface area contributed by atoms with E-state index in [-0.39, 0.29) is 11.9 Å². The number of sulfonamides is 1. The van der Waals surface area contributed by atoms with Crippen molar-refractivity contribution in [2.75, 3.05) is 19.3 Å². The molecule has 2 aromatic rings. The Labute approximate surface area is 139 Å². The highest BCUT2D eigenvalue weighted by Gasteiger charge is 2.29.